The van der Waals surface area contributed by atoms with Gasteiger partial charge >= 0.3 is 5.97 Å². The molecular weight excluding hydrogens is 214 g/mol. The third-order valence-corrected chi connectivity index (χ3v) is 2.82. The highest BCUT2D eigenvalue weighted by molar-refractivity contribution is 5.96. The van der Waals surface area contributed by atoms with Crippen molar-refractivity contribution in [2.75, 3.05) is 6.61 Å². The van der Waals surface area contributed by atoms with Crippen LogP contribution < -0.4 is 0 Å². The Morgan fingerprint density at radius 1 is 1.41 bits per heavy atom. The van der Waals surface area contributed by atoms with Crippen LogP contribution in [0.3, 0.4) is 0 Å². The number of carbonyl (C=O) groups excluding carboxylic acids is 1. The van der Waals surface area contributed by atoms with Crippen molar-refractivity contribution >= 4 is 16.9 Å². The number of rotatable bonds is 3. The molecule has 0 fully saturated rings. The molecule has 1 heterocycles. The Balaban J connectivity index is 2.50. The van der Waals surface area contributed by atoms with E-state index in [-0.39, 0.29) is 5.97 Å². The second-order valence-corrected chi connectivity index (χ2v) is 4.37. The topological polar surface area (TPSA) is 42.1 Å². The predicted octanol–water partition coefficient (Wildman–Crippen LogP) is 3.47. The summed E-state index contributed by atoms with van der Waals surface area (Å²) < 4.78 is 4.99. The Bertz CT molecular complexity index is 540. The molecule has 1 aromatic carbocycles. The van der Waals surface area contributed by atoms with Crippen molar-refractivity contribution in [3.63, 3.8) is 0 Å². The lowest BCUT2D eigenvalue weighted by Crippen LogP contribution is -2.04. The lowest BCUT2D eigenvalue weighted by atomic mass is 9.99. The zero-order chi connectivity index (χ0) is 12.4. The molecule has 90 valence electrons. The Morgan fingerprint density at radius 2 is 2.18 bits per heavy atom. The van der Waals surface area contributed by atoms with Crippen LogP contribution in [0.15, 0.2) is 24.3 Å². The van der Waals surface area contributed by atoms with Gasteiger partial charge in [-0.3, -0.25) is 0 Å². The summed E-state index contributed by atoms with van der Waals surface area (Å²) in [5.74, 6) is 0.142. The number of benzene rings is 1. The highest BCUT2D eigenvalue weighted by atomic mass is 16.5. The number of fused-ring (bicyclic) bond motifs is 1. The molecule has 3 heteroatoms. The van der Waals surface area contributed by atoms with Crippen LogP contribution in [0.5, 0.6) is 0 Å². The first-order valence-corrected chi connectivity index (χ1v) is 5.92. The molecule has 1 N–H and O–H groups in total. The van der Waals surface area contributed by atoms with E-state index in [2.05, 4.69) is 24.9 Å². The molecule has 2 aromatic rings. The van der Waals surface area contributed by atoms with Gasteiger partial charge in [-0.1, -0.05) is 26.0 Å². The highest BCUT2D eigenvalue weighted by Gasteiger charge is 2.13. The minimum absolute atomic E-state index is 0.293. The van der Waals surface area contributed by atoms with Gasteiger partial charge in [0.1, 0.15) is 5.69 Å². The molecule has 0 saturated heterocycles. The standard InChI is InChI=1S/C14H17NO2/c1-4-17-14(16)13-8-11-10(9(2)3)6-5-7-12(11)15-13/h5-9,15H,4H2,1-3H3. The van der Waals surface area contributed by atoms with Gasteiger partial charge in [0.05, 0.1) is 6.61 Å². The minimum atomic E-state index is -0.293. The van der Waals surface area contributed by atoms with Crippen molar-refractivity contribution in [1.29, 1.82) is 0 Å². The van der Waals surface area contributed by atoms with Gasteiger partial charge in [0, 0.05) is 10.9 Å². The van der Waals surface area contributed by atoms with E-state index in [9.17, 15) is 4.79 Å². The van der Waals surface area contributed by atoms with Gasteiger partial charge in [-0.15, -0.1) is 0 Å². The van der Waals surface area contributed by atoms with Crippen molar-refractivity contribution in [2.24, 2.45) is 0 Å². The van der Waals surface area contributed by atoms with E-state index >= 15 is 0 Å². The second-order valence-electron chi connectivity index (χ2n) is 4.37. The van der Waals surface area contributed by atoms with Gasteiger partial charge in [-0.05, 0) is 30.5 Å². The minimum Gasteiger partial charge on any atom is -0.461 e. The maximum atomic E-state index is 11.6. The van der Waals surface area contributed by atoms with Crippen LogP contribution in [0.25, 0.3) is 10.9 Å². The first-order chi connectivity index (χ1) is 8.13. The molecule has 0 aliphatic heterocycles. The van der Waals surface area contributed by atoms with Crippen molar-refractivity contribution < 1.29 is 9.53 Å². The summed E-state index contributed by atoms with van der Waals surface area (Å²) in [7, 11) is 0. The molecule has 0 aliphatic carbocycles. The average Bonchev–Trinajstić information content (AvgIpc) is 2.72. The summed E-state index contributed by atoms with van der Waals surface area (Å²) in [4.78, 5) is 14.7. The summed E-state index contributed by atoms with van der Waals surface area (Å²) in [6.07, 6.45) is 0. The molecule has 0 amide bonds. The monoisotopic (exact) mass is 231 g/mol. The number of H-pyrrole nitrogens is 1. The van der Waals surface area contributed by atoms with Gasteiger partial charge in [0.2, 0.25) is 0 Å². The lowest BCUT2D eigenvalue weighted by molar-refractivity contribution is 0.0520. The number of ether oxygens (including phenoxy) is 1. The Morgan fingerprint density at radius 3 is 2.82 bits per heavy atom. The molecule has 0 spiro atoms. The number of esters is 1. The molecule has 1 aromatic heterocycles. The first-order valence-electron chi connectivity index (χ1n) is 5.92. The van der Waals surface area contributed by atoms with E-state index in [4.69, 9.17) is 4.74 Å². The number of hydrogen-bond acceptors (Lipinski definition) is 2. The second kappa shape index (κ2) is 4.62. The molecule has 0 aliphatic rings. The quantitative estimate of drug-likeness (QED) is 0.822. The Hall–Kier alpha value is -1.77. The van der Waals surface area contributed by atoms with Crippen molar-refractivity contribution in [2.45, 2.75) is 26.7 Å². The molecule has 0 bridgehead atoms. The van der Waals surface area contributed by atoms with E-state index in [0.29, 0.717) is 18.2 Å². The molecule has 0 atom stereocenters. The fourth-order valence-corrected chi connectivity index (χ4v) is 2.00. The van der Waals surface area contributed by atoms with E-state index in [1.54, 1.807) is 6.92 Å². The molecule has 2 rings (SSSR count). The van der Waals surface area contributed by atoms with Crippen molar-refractivity contribution in [1.82, 2.24) is 4.98 Å². The number of nitrogens with one attached hydrogen (secondary N) is 1. The van der Waals surface area contributed by atoms with Crippen molar-refractivity contribution in [3.8, 4) is 0 Å². The summed E-state index contributed by atoms with van der Waals surface area (Å²) in [5, 5.41) is 1.10. The SMILES string of the molecule is CCOC(=O)c1cc2c(C(C)C)cccc2[nH]1. The van der Waals surface area contributed by atoms with Gasteiger partial charge in [-0.25, -0.2) is 4.79 Å². The normalized spacial score (nSPS) is 11.1. The molecule has 0 unspecified atom stereocenters. The molecular formula is C14H17NO2. The summed E-state index contributed by atoms with van der Waals surface area (Å²) in [6.45, 7) is 6.49. The van der Waals surface area contributed by atoms with Crippen molar-refractivity contribution in [3.05, 3.63) is 35.5 Å². The van der Waals surface area contributed by atoms with E-state index in [1.165, 1.54) is 5.56 Å². The number of carbonyl (C=O) groups is 1. The van der Waals surface area contributed by atoms with Gasteiger partial charge in [0.15, 0.2) is 0 Å². The smallest absolute Gasteiger partial charge is 0.354 e. The fraction of sp³-hybridized carbons (Fsp3) is 0.357. The van der Waals surface area contributed by atoms with Crippen LogP contribution >= 0.6 is 0 Å². The number of aromatic nitrogens is 1. The molecule has 3 nitrogen and oxygen atoms in total. The third kappa shape index (κ3) is 2.18. The zero-order valence-electron chi connectivity index (χ0n) is 10.4. The Labute approximate surface area is 101 Å². The maximum absolute atomic E-state index is 11.6. The lowest BCUT2D eigenvalue weighted by Gasteiger charge is -2.05. The van der Waals surface area contributed by atoms with E-state index in [0.717, 1.165) is 10.9 Å². The largest absolute Gasteiger partial charge is 0.461 e. The molecule has 0 radical (unpaired) electrons. The van der Waals surface area contributed by atoms with Crippen LogP contribution in [0.1, 0.15) is 42.7 Å². The van der Waals surface area contributed by atoms with Crippen LogP contribution in [0.2, 0.25) is 0 Å². The van der Waals surface area contributed by atoms with Crippen LogP contribution in [0.4, 0.5) is 0 Å². The van der Waals surface area contributed by atoms with Gasteiger partial charge in [-0.2, -0.15) is 0 Å². The Kier molecular flexibility index (Phi) is 3.18. The molecule has 0 saturated carbocycles. The van der Waals surface area contributed by atoms with Gasteiger partial charge in [0.25, 0.3) is 0 Å². The van der Waals surface area contributed by atoms with Gasteiger partial charge < -0.3 is 9.72 Å². The van der Waals surface area contributed by atoms with E-state index in [1.807, 2.05) is 18.2 Å². The summed E-state index contributed by atoms with van der Waals surface area (Å²) in [5.41, 5.74) is 2.75. The average molecular weight is 231 g/mol. The summed E-state index contributed by atoms with van der Waals surface area (Å²) >= 11 is 0. The predicted molar refractivity (Wildman–Crippen MR) is 68.3 cm³/mol. The number of hydrogen-bond donors (Lipinski definition) is 1. The van der Waals surface area contributed by atoms with Crippen LogP contribution in [0, 0.1) is 0 Å². The third-order valence-electron chi connectivity index (χ3n) is 2.82. The first kappa shape index (κ1) is 11.7. The highest BCUT2D eigenvalue weighted by Crippen LogP contribution is 2.26. The number of aromatic amines is 1. The zero-order valence-corrected chi connectivity index (χ0v) is 10.4. The molecule has 17 heavy (non-hydrogen) atoms. The van der Waals surface area contributed by atoms with Crippen LogP contribution in [-0.2, 0) is 4.74 Å². The summed E-state index contributed by atoms with van der Waals surface area (Å²) in [6, 6.07) is 7.95. The maximum Gasteiger partial charge on any atom is 0.354 e. The van der Waals surface area contributed by atoms with E-state index < -0.39 is 0 Å². The van der Waals surface area contributed by atoms with Crippen LogP contribution in [-0.4, -0.2) is 17.6 Å². The fourth-order valence-electron chi connectivity index (χ4n) is 2.00.